The van der Waals surface area contributed by atoms with Gasteiger partial charge in [0.2, 0.25) is 10.0 Å². The Labute approximate surface area is 114 Å². The minimum absolute atomic E-state index is 0.0811. The molecule has 0 aliphatic heterocycles. The SMILES string of the molecule is CC(C)C(O)CNS(=O)(=O)c1ccc(Br)cc1F. The number of nitrogens with one attached hydrogen (secondary N) is 1. The summed E-state index contributed by atoms with van der Waals surface area (Å²) in [7, 11) is -3.94. The van der Waals surface area contributed by atoms with Crippen LogP contribution in [0.5, 0.6) is 0 Å². The maximum Gasteiger partial charge on any atom is 0.243 e. The molecule has 0 aliphatic carbocycles. The summed E-state index contributed by atoms with van der Waals surface area (Å²) in [6.07, 6.45) is -0.807. The van der Waals surface area contributed by atoms with E-state index in [1.807, 2.05) is 0 Å². The lowest BCUT2D eigenvalue weighted by molar-refractivity contribution is 0.129. The second-order valence-corrected chi connectivity index (χ2v) is 6.89. The predicted octanol–water partition coefficient (Wildman–Crippen LogP) is 1.88. The quantitative estimate of drug-likeness (QED) is 0.860. The zero-order chi connectivity index (χ0) is 13.9. The van der Waals surface area contributed by atoms with E-state index in [2.05, 4.69) is 20.7 Å². The molecule has 102 valence electrons. The Morgan fingerprint density at radius 2 is 2.06 bits per heavy atom. The summed E-state index contributed by atoms with van der Waals surface area (Å²) in [4.78, 5) is -0.429. The highest BCUT2D eigenvalue weighted by Crippen LogP contribution is 2.19. The second kappa shape index (κ2) is 6.10. The molecular formula is C11H15BrFNO3S. The molecular weight excluding hydrogens is 325 g/mol. The van der Waals surface area contributed by atoms with Crippen LogP contribution in [0.2, 0.25) is 0 Å². The van der Waals surface area contributed by atoms with E-state index in [4.69, 9.17) is 0 Å². The molecule has 1 atom stereocenters. The van der Waals surface area contributed by atoms with Crippen molar-refractivity contribution in [3.05, 3.63) is 28.5 Å². The molecule has 1 aromatic rings. The van der Waals surface area contributed by atoms with Gasteiger partial charge < -0.3 is 5.11 Å². The van der Waals surface area contributed by atoms with Crippen LogP contribution in [0.3, 0.4) is 0 Å². The van der Waals surface area contributed by atoms with Crippen LogP contribution in [0.1, 0.15) is 13.8 Å². The molecule has 18 heavy (non-hydrogen) atoms. The number of halogens is 2. The van der Waals surface area contributed by atoms with Gasteiger partial charge in [0.15, 0.2) is 0 Å². The van der Waals surface area contributed by atoms with E-state index in [1.165, 1.54) is 12.1 Å². The summed E-state index contributed by atoms with van der Waals surface area (Å²) in [6.45, 7) is 3.38. The molecule has 1 aromatic carbocycles. The number of rotatable bonds is 5. The number of hydrogen-bond acceptors (Lipinski definition) is 3. The van der Waals surface area contributed by atoms with Crippen molar-refractivity contribution in [3.63, 3.8) is 0 Å². The van der Waals surface area contributed by atoms with Crippen LogP contribution < -0.4 is 4.72 Å². The van der Waals surface area contributed by atoms with Crippen LogP contribution in [0, 0.1) is 11.7 Å². The Morgan fingerprint density at radius 3 is 2.56 bits per heavy atom. The van der Waals surface area contributed by atoms with Crippen LogP contribution in [-0.2, 0) is 10.0 Å². The molecule has 0 fully saturated rings. The van der Waals surface area contributed by atoms with Crippen LogP contribution in [-0.4, -0.2) is 26.2 Å². The summed E-state index contributed by atoms with van der Waals surface area (Å²) in [5.41, 5.74) is 0. The summed E-state index contributed by atoms with van der Waals surface area (Å²) < 4.78 is 39.8. The minimum atomic E-state index is -3.94. The van der Waals surface area contributed by atoms with E-state index >= 15 is 0 Å². The zero-order valence-electron chi connectivity index (χ0n) is 10.0. The first-order valence-corrected chi connectivity index (χ1v) is 7.64. The molecule has 0 saturated carbocycles. The highest BCUT2D eigenvalue weighted by atomic mass is 79.9. The number of benzene rings is 1. The highest BCUT2D eigenvalue weighted by Gasteiger charge is 2.20. The van der Waals surface area contributed by atoms with E-state index in [9.17, 15) is 17.9 Å². The van der Waals surface area contributed by atoms with E-state index in [0.717, 1.165) is 6.07 Å². The normalized spacial score (nSPS) is 13.9. The molecule has 0 aliphatic rings. The van der Waals surface area contributed by atoms with E-state index in [0.29, 0.717) is 4.47 Å². The predicted molar refractivity (Wildman–Crippen MR) is 70.1 cm³/mol. The number of aliphatic hydroxyl groups excluding tert-OH is 1. The lowest BCUT2D eigenvalue weighted by Gasteiger charge is -2.15. The summed E-state index contributed by atoms with van der Waals surface area (Å²) in [6, 6.07) is 3.69. The van der Waals surface area contributed by atoms with Gasteiger partial charge in [-0.2, -0.15) is 0 Å². The Hall–Kier alpha value is -0.500. The van der Waals surface area contributed by atoms with Crippen molar-refractivity contribution >= 4 is 26.0 Å². The van der Waals surface area contributed by atoms with Gasteiger partial charge in [0.1, 0.15) is 10.7 Å². The number of hydrogen-bond donors (Lipinski definition) is 2. The van der Waals surface area contributed by atoms with Crippen LogP contribution >= 0.6 is 15.9 Å². The molecule has 0 amide bonds. The van der Waals surface area contributed by atoms with Crippen molar-refractivity contribution in [1.82, 2.24) is 4.72 Å². The average Bonchev–Trinajstić information content (AvgIpc) is 2.25. The van der Waals surface area contributed by atoms with Gasteiger partial charge in [0, 0.05) is 11.0 Å². The molecule has 0 heterocycles. The Balaban J connectivity index is 2.87. The first kappa shape index (κ1) is 15.6. The Bertz CT molecular complexity index is 519. The smallest absolute Gasteiger partial charge is 0.243 e. The number of aliphatic hydroxyl groups is 1. The molecule has 0 saturated heterocycles. The van der Waals surface area contributed by atoms with E-state index < -0.39 is 26.8 Å². The summed E-state index contributed by atoms with van der Waals surface area (Å²) in [5, 5.41) is 9.52. The minimum Gasteiger partial charge on any atom is -0.391 e. The monoisotopic (exact) mass is 339 g/mol. The average molecular weight is 340 g/mol. The molecule has 7 heteroatoms. The van der Waals surface area contributed by atoms with Gasteiger partial charge in [-0.3, -0.25) is 0 Å². The molecule has 0 bridgehead atoms. The van der Waals surface area contributed by atoms with Crippen LogP contribution in [0.15, 0.2) is 27.6 Å². The largest absolute Gasteiger partial charge is 0.391 e. The van der Waals surface area contributed by atoms with Crippen molar-refractivity contribution in [1.29, 1.82) is 0 Å². The maximum atomic E-state index is 13.5. The van der Waals surface area contributed by atoms with Crippen molar-refractivity contribution in [3.8, 4) is 0 Å². The van der Waals surface area contributed by atoms with Gasteiger partial charge in [0.25, 0.3) is 0 Å². The molecule has 4 nitrogen and oxygen atoms in total. The third-order valence-corrected chi connectivity index (χ3v) is 4.39. The molecule has 0 spiro atoms. The third-order valence-electron chi connectivity index (χ3n) is 2.44. The lowest BCUT2D eigenvalue weighted by Crippen LogP contribution is -2.35. The number of sulfonamides is 1. The molecule has 0 radical (unpaired) electrons. The summed E-state index contributed by atoms with van der Waals surface area (Å²) in [5.74, 6) is -0.918. The molecule has 1 unspecified atom stereocenters. The van der Waals surface area contributed by atoms with E-state index in [-0.39, 0.29) is 12.5 Å². The molecule has 0 aromatic heterocycles. The van der Waals surface area contributed by atoms with Gasteiger partial charge >= 0.3 is 0 Å². The topological polar surface area (TPSA) is 66.4 Å². The van der Waals surface area contributed by atoms with Gasteiger partial charge in [-0.1, -0.05) is 29.8 Å². The van der Waals surface area contributed by atoms with Crippen molar-refractivity contribution < 1.29 is 17.9 Å². The first-order valence-electron chi connectivity index (χ1n) is 5.37. The fourth-order valence-electron chi connectivity index (χ4n) is 1.20. The van der Waals surface area contributed by atoms with Gasteiger partial charge in [-0.05, 0) is 24.1 Å². The van der Waals surface area contributed by atoms with Crippen molar-refractivity contribution in [2.75, 3.05) is 6.54 Å². The fourth-order valence-corrected chi connectivity index (χ4v) is 2.64. The standard InChI is InChI=1S/C11H15BrFNO3S/c1-7(2)10(15)6-14-18(16,17)11-4-3-8(12)5-9(11)13/h3-5,7,10,14-15H,6H2,1-2H3. The second-order valence-electron chi connectivity index (χ2n) is 4.24. The first-order chi connectivity index (χ1) is 8.24. The Kier molecular flexibility index (Phi) is 5.27. The van der Waals surface area contributed by atoms with Crippen LogP contribution in [0.25, 0.3) is 0 Å². The molecule has 2 N–H and O–H groups in total. The van der Waals surface area contributed by atoms with Crippen molar-refractivity contribution in [2.45, 2.75) is 24.8 Å². The maximum absolute atomic E-state index is 13.5. The van der Waals surface area contributed by atoms with Gasteiger partial charge in [-0.25, -0.2) is 17.5 Å². The van der Waals surface area contributed by atoms with Crippen molar-refractivity contribution in [2.24, 2.45) is 5.92 Å². The molecule has 1 rings (SSSR count). The van der Waals surface area contributed by atoms with Gasteiger partial charge in [-0.15, -0.1) is 0 Å². The Morgan fingerprint density at radius 1 is 1.44 bits per heavy atom. The summed E-state index contributed by atoms with van der Waals surface area (Å²) >= 11 is 3.05. The lowest BCUT2D eigenvalue weighted by atomic mass is 10.1. The van der Waals surface area contributed by atoms with Crippen LogP contribution in [0.4, 0.5) is 4.39 Å². The third kappa shape index (κ3) is 4.01. The fraction of sp³-hybridized carbons (Fsp3) is 0.455. The zero-order valence-corrected chi connectivity index (χ0v) is 12.4. The van der Waals surface area contributed by atoms with Gasteiger partial charge in [0.05, 0.1) is 6.10 Å². The van der Waals surface area contributed by atoms with E-state index in [1.54, 1.807) is 13.8 Å². The highest BCUT2D eigenvalue weighted by molar-refractivity contribution is 9.10.